The number of carbonyl (C=O) groups is 1. The average Bonchev–Trinajstić information content (AvgIpc) is 2.57. The first-order chi connectivity index (χ1) is 7.19. The third-order valence-corrected chi connectivity index (χ3v) is 2.86. The lowest BCUT2D eigenvalue weighted by atomic mass is 10.3. The van der Waals surface area contributed by atoms with Gasteiger partial charge < -0.3 is 11.1 Å². The fraction of sp³-hybridized carbons (Fsp3) is 0.200. The summed E-state index contributed by atoms with van der Waals surface area (Å²) in [7, 11) is 0. The average molecular weight is 221 g/mol. The predicted molar refractivity (Wildman–Crippen MR) is 63.0 cm³/mol. The molecule has 0 atom stereocenters. The van der Waals surface area contributed by atoms with Crippen LogP contribution in [0.3, 0.4) is 0 Å². The fourth-order valence-electron chi connectivity index (χ4n) is 1.27. The Morgan fingerprint density at radius 2 is 2.40 bits per heavy atom. The Kier molecular flexibility index (Phi) is 2.55. The van der Waals surface area contributed by atoms with E-state index in [-0.39, 0.29) is 5.91 Å². The monoisotopic (exact) mass is 221 g/mol. The number of nitrogens with two attached hydrogens (primary N) is 1. The van der Waals surface area contributed by atoms with Crippen LogP contribution in [0.4, 0.5) is 10.8 Å². The van der Waals surface area contributed by atoms with E-state index in [4.69, 9.17) is 5.73 Å². The normalized spacial score (nSPS) is 10.5. The summed E-state index contributed by atoms with van der Waals surface area (Å²) in [5.41, 5.74) is 7.25. The van der Waals surface area contributed by atoms with Crippen molar-refractivity contribution >= 4 is 38.3 Å². The van der Waals surface area contributed by atoms with Crippen molar-refractivity contribution in [3.8, 4) is 0 Å². The van der Waals surface area contributed by atoms with Crippen LogP contribution in [0.2, 0.25) is 0 Å². The lowest BCUT2D eigenvalue weighted by Gasteiger charge is -2.02. The van der Waals surface area contributed by atoms with Gasteiger partial charge in [-0.3, -0.25) is 4.79 Å². The molecule has 0 aliphatic carbocycles. The van der Waals surface area contributed by atoms with Gasteiger partial charge in [-0.25, -0.2) is 4.98 Å². The van der Waals surface area contributed by atoms with Crippen LogP contribution in [-0.4, -0.2) is 10.9 Å². The number of benzene rings is 1. The Morgan fingerprint density at radius 1 is 1.60 bits per heavy atom. The van der Waals surface area contributed by atoms with Gasteiger partial charge >= 0.3 is 0 Å². The van der Waals surface area contributed by atoms with E-state index in [1.165, 1.54) is 11.3 Å². The van der Waals surface area contributed by atoms with Crippen LogP contribution in [0.1, 0.15) is 13.3 Å². The van der Waals surface area contributed by atoms with Crippen molar-refractivity contribution in [1.82, 2.24) is 4.98 Å². The van der Waals surface area contributed by atoms with Crippen LogP contribution < -0.4 is 11.1 Å². The van der Waals surface area contributed by atoms with E-state index in [9.17, 15) is 4.79 Å². The van der Waals surface area contributed by atoms with Gasteiger partial charge in [0.1, 0.15) is 0 Å². The molecule has 0 unspecified atom stereocenters. The maximum Gasteiger partial charge on any atom is 0.224 e. The minimum absolute atomic E-state index is 0.00633. The number of rotatable bonds is 2. The predicted octanol–water partition coefficient (Wildman–Crippen LogP) is 2.23. The molecule has 2 aromatic rings. The number of nitrogens with one attached hydrogen (secondary N) is 1. The van der Waals surface area contributed by atoms with Crippen molar-refractivity contribution in [1.29, 1.82) is 0 Å². The van der Waals surface area contributed by atoms with E-state index in [2.05, 4.69) is 10.3 Å². The van der Waals surface area contributed by atoms with Crippen LogP contribution in [0.15, 0.2) is 18.2 Å². The number of hydrogen-bond acceptors (Lipinski definition) is 4. The summed E-state index contributed by atoms with van der Waals surface area (Å²) < 4.78 is 0.987. The zero-order valence-corrected chi connectivity index (χ0v) is 9.10. The SMILES string of the molecule is CCC(=O)Nc1ccc2nc(N)sc2c1. The van der Waals surface area contributed by atoms with Gasteiger partial charge in [0.05, 0.1) is 10.2 Å². The van der Waals surface area contributed by atoms with Gasteiger partial charge in [0, 0.05) is 12.1 Å². The van der Waals surface area contributed by atoms with Gasteiger partial charge in [0.2, 0.25) is 5.91 Å². The van der Waals surface area contributed by atoms with Crippen LogP contribution in [-0.2, 0) is 4.79 Å². The van der Waals surface area contributed by atoms with E-state index in [1.54, 1.807) is 0 Å². The summed E-state index contributed by atoms with van der Waals surface area (Å²) in [6, 6.07) is 5.57. The molecule has 0 saturated carbocycles. The van der Waals surface area contributed by atoms with Crippen LogP contribution in [0, 0.1) is 0 Å². The van der Waals surface area contributed by atoms with Gasteiger partial charge in [-0.15, -0.1) is 0 Å². The highest BCUT2D eigenvalue weighted by atomic mass is 32.1. The first kappa shape index (κ1) is 9.92. The molecule has 4 nitrogen and oxygen atoms in total. The van der Waals surface area contributed by atoms with Crippen molar-refractivity contribution in [2.45, 2.75) is 13.3 Å². The van der Waals surface area contributed by atoms with Crippen LogP contribution in [0.5, 0.6) is 0 Å². The zero-order chi connectivity index (χ0) is 10.8. The molecule has 1 aromatic carbocycles. The minimum atomic E-state index is 0.00633. The van der Waals surface area contributed by atoms with Gasteiger partial charge in [-0.2, -0.15) is 0 Å². The molecule has 0 radical (unpaired) electrons. The molecule has 0 bridgehead atoms. The van der Waals surface area contributed by atoms with E-state index in [1.807, 2.05) is 25.1 Å². The van der Waals surface area contributed by atoms with E-state index in [0.717, 1.165) is 15.9 Å². The number of fused-ring (bicyclic) bond motifs is 1. The molecular formula is C10H11N3OS. The fourth-order valence-corrected chi connectivity index (χ4v) is 2.04. The van der Waals surface area contributed by atoms with Crippen LogP contribution >= 0.6 is 11.3 Å². The summed E-state index contributed by atoms with van der Waals surface area (Å²) in [6.45, 7) is 1.82. The van der Waals surface area contributed by atoms with Gasteiger partial charge in [-0.1, -0.05) is 18.3 Å². The number of carbonyl (C=O) groups excluding carboxylic acids is 1. The lowest BCUT2D eigenvalue weighted by Crippen LogP contribution is -2.08. The molecular weight excluding hydrogens is 210 g/mol. The summed E-state index contributed by atoms with van der Waals surface area (Å²) in [5, 5.41) is 3.34. The number of nitrogens with zero attached hydrogens (tertiary/aromatic N) is 1. The van der Waals surface area contributed by atoms with Crippen molar-refractivity contribution in [2.24, 2.45) is 0 Å². The number of anilines is 2. The summed E-state index contributed by atoms with van der Waals surface area (Å²) in [6.07, 6.45) is 0.475. The Morgan fingerprint density at radius 3 is 3.13 bits per heavy atom. The third-order valence-electron chi connectivity index (χ3n) is 2.01. The topological polar surface area (TPSA) is 68.0 Å². The highest BCUT2D eigenvalue weighted by molar-refractivity contribution is 7.22. The Balaban J connectivity index is 2.33. The Hall–Kier alpha value is -1.62. The number of aromatic nitrogens is 1. The number of thiazole rings is 1. The molecule has 2 rings (SSSR count). The molecule has 78 valence electrons. The van der Waals surface area contributed by atoms with Crippen molar-refractivity contribution in [3.05, 3.63) is 18.2 Å². The number of hydrogen-bond donors (Lipinski definition) is 2. The molecule has 0 aliphatic heterocycles. The minimum Gasteiger partial charge on any atom is -0.375 e. The van der Waals surface area contributed by atoms with E-state index < -0.39 is 0 Å². The number of nitrogen functional groups attached to an aromatic ring is 1. The largest absolute Gasteiger partial charge is 0.375 e. The summed E-state index contributed by atoms with van der Waals surface area (Å²) in [5.74, 6) is 0.00633. The maximum absolute atomic E-state index is 11.2. The molecule has 1 aromatic heterocycles. The van der Waals surface area contributed by atoms with Gasteiger partial charge in [0.15, 0.2) is 5.13 Å². The second-order valence-corrected chi connectivity index (χ2v) is 4.20. The standard InChI is InChI=1S/C10H11N3OS/c1-2-9(14)12-6-3-4-7-8(5-6)15-10(11)13-7/h3-5H,2H2,1H3,(H2,11,13)(H,12,14). The molecule has 0 fully saturated rings. The highest BCUT2D eigenvalue weighted by Gasteiger charge is 2.03. The van der Waals surface area contributed by atoms with Crippen molar-refractivity contribution < 1.29 is 4.79 Å². The molecule has 0 saturated heterocycles. The molecule has 15 heavy (non-hydrogen) atoms. The lowest BCUT2D eigenvalue weighted by molar-refractivity contribution is -0.115. The van der Waals surface area contributed by atoms with Crippen molar-refractivity contribution in [3.63, 3.8) is 0 Å². The Labute approximate surface area is 91.1 Å². The third kappa shape index (κ3) is 2.07. The quantitative estimate of drug-likeness (QED) is 0.817. The molecule has 3 N–H and O–H groups in total. The van der Waals surface area contributed by atoms with Crippen LogP contribution in [0.25, 0.3) is 10.2 Å². The first-order valence-corrected chi connectivity index (χ1v) is 5.46. The summed E-state index contributed by atoms with van der Waals surface area (Å²) >= 11 is 1.42. The highest BCUT2D eigenvalue weighted by Crippen LogP contribution is 2.26. The molecule has 5 heteroatoms. The second-order valence-electron chi connectivity index (χ2n) is 3.14. The van der Waals surface area contributed by atoms with Crippen molar-refractivity contribution in [2.75, 3.05) is 11.1 Å². The molecule has 0 spiro atoms. The zero-order valence-electron chi connectivity index (χ0n) is 8.28. The number of amides is 1. The first-order valence-electron chi connectivity index (χ1n) is 4.65. The second kappa shape index (κ2) is 3.86. The van der Waals surface area contributed by atoms with E-state index >= 15 is 0 Å². The molecule has 0 aliphatic rings. The Bertz CT molecular complexity index is 506. The smallest absolute Gasteiger partial charge is 0.224 e. The summed E-state index contributed by atoms with van der Waals surface area (Å²) in [4.78, 5) is 15.3. The maximum atomic E-state index is 11.2. The molecule has 1 amide bonds. The van der Waals surface area contributed by atoms with Gasteiger partial charge in [-0.05, 0) is 18.2 Å². The van der Waals surface area contributed by atoms with Gasteiger partial charge in [0.25, 0.3) is 0 Å². The molecule has 1 heterocycles. The van der Waals surface area contributed by atoms with E-state index in [0.29, 0.717) is 11.6 Å².